The van der Waals surface area contributed by atoms with Crippen molar-refractivity contribution in [3.63, 3.8) is 0 Å². The number of likely N-dealkylation sites (tertiary alicyclic amines) is 1. The average Bonchev–Trinajstić information content (AvgIpc) is 3.43. The smallest absolute Gasteiger partial charge is 0.446 e. The molecule has 13 heteroatoms. The van der Waals surface area contributed by atoms with Crippen molar-refractivity contribution < 1.29 is 27.2 Å². The number of methoxy groups -OCH3 is 1. The molecule has 0 radical (unpaired) electrons. The third-order valence-corrected chi connectivity index (χ3v) is 11.6. The van der Waals surface area contributed by atoms with E-state index in [0.717, 1.165) is 52.0 Å². The number of thioether (sulfide) groups is 1. The van der Waals surface area contributed by atoms with Crippen LogP contribution in [0.25, 0.3) is 4.91 Å². The Hall–Kier alpha value is -2.84. The van der Waals surface area contributed by atoms with Gasteiger partial charge in [0.2, 0.25) is 0 Å². The van der Waals surface area contributed by atoms with Gasteiger partial charge in [-0.3, -0.25) is 4.90 Å². The van der Waals surface area contributed by atoms with Gasteiger partial charge in [0.25, 0.3) is 0 Å². The largest absolute Gasteiger partial charge is 0.495 e. The number of benzene rings is 1. The highest BCUT2D eigenvalue weighted by Gasteiger charge is 2.67. The maximum absolute atomic E-state index is 13.6. The monoisotopic (exact) mass is 647 g/mol. The van der Waals surface area contributed by atoms with Crippen LogP contribution in [0.2, 0.25) is 0 Å². The van der Waals surface area contributed by atoms with Gasteiger partial charge >= 0.3 is 5.51 Å². The first-order valence-corrected chi connectivity index (χ1v) is 17.9. The molecule has 2 bridgehead atoms. The van der Waals surface area contributed by atoms with E-state index < -0.39 is 12.7 Å². The molecule has 0 amide bonds. The van der Waals surface area contributed by atoms with E-state index in [4.69, 9.17) is 15.2 Å². The molecule has 8 nitrogen and oxygen atoms in total. The second-order valence-electron chi connectivity index (χ2n) is 12.9. The first kappa shape index (κ1) is 31.2. The Balaban J connectivity index is 1.14. The number of nitrogens with two attached hydrogens (primary N) is 1. The fraction of sp³-hybridized carbons (Fsp3) is 0.516. The molecule has 236 valence electrons. The molecule has 3 aliphatic carbocycles. The minimum absolute atomic E-state index is 0.0903. The summed E-state index contributed by atoms with van der Waals surface area (Å²) in [5, 5.41) is 7.32. The van der Waals surface area contributed by atoms with Crippen molar-refractivity contribution in [1.29, 1.82) is 0 Å². The number of ether oxygens (including phenoxy) is 2. The lowest BCUT2D eigenvalue weighted by atomic mass is 9.65. The number of fused-ring (bicyclic) bond motifs is 1. The summed E-state index contributed by atoms with van der Waals surface area (Å²) < 4.78 is 64.1. The minimum Gasteiger partial charge on any atom is -0.495 e. The van der Waals surface area contributed by atoms with Crippen LogP contribution in [0.1, 0.15) is 31.4 Å². The molecular formula is C31H37F3N5O3PS. The Morgan fingerprint density at radius 2 is 1.95 bits per heavy atom. The first-order valence-electron chi connectivity index (χ1n) is 14.5. The van der Waals surface area contributed by atoms with Crippen LogP contribution < -0.4 is 26.4 Å². The number of hydrogen-bond donors (Lipinski definition) is 3. The number of alkyl halides is 3. The summed E-state index contributed by atoms with van der Waals surface area (Å²) in [5.74, 6) is 6.49. The number of nitrogens with zero attached hydrogens (tertiary/aromatic N) is 2. The van der Waals surface area contributed by atoms with Crippen molar-refractivity contribution in [2.45, 2.75) is 42.3 Å². The Labute approximate surface area is 260 Å². The number of aromatic nitrogens is 1. The lowest BCUT2D eigenvalue weighted by molar-refractivity contribution is -0.221. The van der Waals surface area contributed by atoms with Gasteiger partial charge in [0.05, 0.1) is 48.9 Å². The number of pyridine rings is 1. The fourth-order valence-electron chi connectivity index (χ4n) is 7.00. The maximum atomic E-state index is 13.6. The molecule has 2 saturated heterocycles. The van der Waals surface area contributed by atoms with Crippen LogP contribution in [0.3, 0.4) is 0 Å². The van der Waals surface area contributed by atoms with Gasteiger partial charge in [0.15, 0.2) is 0 Å². The Bertz CT molecular complexity index is 1580. The summed E-state index contributed by atoms with van der Waals surface area (Å²) in [5.41, 5.74) is 2.58. The molecule has 5 aliphatic rings. The molecule has 1 aromatic carbocycles. The van der Waals surface area contributed by atoms with E-state index in [1.54, 1.807) is 43.7 Å². The second-order valence-corrected chi connectivity index (χ2v) is 17.2. The van der Waals surface area contributed by atoms with Gasteiger partial charge in [-0.2, -0.15) is 13.2 Å². The molecule has 0 unspecified atom stereocenters. The van der Waals surface area contributed by atoms with Gasteiger partial charge in [0, 0.05) is 34.9 Å². The van der Waals surface area contributed by atoms with Gasteiger partial charge in [-0.05, 0) is 87.0 Å². The van der Waals surface area contributed by atoms with Crippen LogP contribution in [-0.2, 0) is 9.30 Å². The summed E-state index contributed by atoms with van der Waals surface area (Å²) in [6.07, 6.45) is 4.12. The molecule has 4 N–H and O–H groups in total. The molecule has 0 atom stereocenters. The SMILES string of the molecule is COc1cc(P(C)(C)=O)ccc1NCC#C/C(N)=C(\SC(F)(F)F)c1cccc(NC23CCC(N4CC5(COC5)C4)(C2)C3)n1. The van der Waals surface area contributed by atoms with E-state index in [0.29, 0.717) is 28.0 Å². The topological polar surface area (TPSA) is 102 Å². The van der Waals surface area contributed by atoms with Crippen molar-refractivity contribution in [3.05, 3.63) is 47.8 Å². The van der Waals surface area contributed by atoms with Crippen LogP contribution in [-0.4, -0.2) is 79.8 Å². The summed E-state index contributed by atoms with van der Waals surface area (Å²) in [4.78, 5) is 6.92. The zero-order valence-corrected chi connectivity index (χ0v) is 26.7. The van der Waals surface area contributed by atoms with Gasteiger partial charge in [-0.15, -0.1) is 0 Å². The molecule has 3 heterocycles. The number of rotatable bonds is 9. The molecule has 5 fully saturated rings. The molecule has 3 saturated carbocycles. The van der Waals surface area contributed by atoms with E-state index in [1.165, 1.54) is 13.2 Å². The predicted octanol–water partition coefficient (Wildman–Crippen LogP) is 5.14. The first-order chi connectivity index (χ1) is 20.7. The number of anilines is 2. The maximum Gasteiger partial charge on any atom is 0.446 e. The van der Waals surface area contributed by atoms with E-state index in [-0.39, 0.29) is 45.7 Å². The number of halogens is 3. The lowest BCUT2D eigenvalue weighted by Gasteiger charge is -2.64. The van der Waals surface area contributed by atoms with Gasteiger partial charge in [-0.25, -0.2) is 4.98 Å². The zero-order valence-electron chi connectivity index (χ0n) is 25.0. The third kappa shape index (κ3) is 6.17. The van der Waals surface area contributed by atoms with Gasteiger partial charge < -0.3 is 30.4 Å². The van der Waals surface area contributed by atoms with Gasteiger partial charge in [-0.1, -0.05) is 12.0 Å². The average molecular weight is 648 g/mol. The van der Waals surface area contributed by atoms with Crippen molar-refractivity contribution in [3.8, 4) is 17.6 Å². The zero-order chi connectivity index (χ0) is 31.4. The predicted molar refractivity (Wildman–Crippen MR) is 170 cm³/mol. The Morgan fingerprint density at radius 3 is 2.59 bits per heavy atom. The second kappa shape index (κ2) is 11.2. The van der Waals surface area contributed by atoms with Crippen molar-refractivity contribution in [2.75, 3.05) is 63.9 Å². The third-order valence-electron chi connectivity index (χ3n) is 9.18. The molecular weight excluding hydrogens is 610 g/mol. The quantitative estimate of drug-likeness (QED) is 0.252. The molecule has 2 aliphatic heterocycles. The van der Waals surface area contributed by atoms with Crippen molar-refractivity contribution >= 4 is 40.6 Å². The highest BCUT2D eigenvalue weighted by Crippen LogP contribution is 2.62. The number of hydrogen-bond acceptors (Lipinski definition) is 9. The molecule has 1 aromatic heterocycles. The van der Waals surface area contributed by atoms with Crippen LogP contribution in [0.4, 0.5) is 24.7 Å². The standard InChI is InChI=1S/C31H37F3N5O3PS/c1-41-25-14-21(43(2,3)40)9-10-23(25)36-13-5-6-22(35)27(44-31(32,33)34)24-7-4-8-26(37-24)38-29-11-12-30(15-29,16-29)39-17-28(18-39)19-42-20-28/h4,7-10,14,36H,11-13,15-20,35H2,1-3H3,(H,37,38)/b27-22+. The Kier molecular flexibility index (Phi) is 7.93. The normalized spacial score (nSPS) is 26.0. The van der Waals surface area contributed by atoms with Crippen molar-refractivity contribution in [1.82, 2.24) is 9.88 Å². The summed E-state index contributed by atoms with van der Waals surface area (Å²) in [7, 11) is -0.970. The van der Waals surface area contributed by atoms with E-state index >= 15 is 0 Å². The van der Waals surface area contributed by atoms with Crippen molar-refractivity contribution in [2.24, 2.45) is 11.1 Å². The Morgan fingerprint density at radius 1 is 1.20 bits per heavy atom. The molecule has 7 rings (SSSR count). The van der Waals surface area contributed by atoms with E-state index in [2.05, 4.69) is 32.4 Å². The lowest BCUT2D eigenvalue weighted by Crippen LogP contribution is -2.74. The minimum atomic E-state index is -4.57. The van der Waals surface area contributed by atoms with Crippen LogP contribution in [0, 0.1) is 17.3 Å². The highest BCUT2D eigenvalue weighted by molar-refractivity contribution is 8.09. The molecule has 44 heavy (non-hydrogen) atoms. The fourth-order valence-corrected chi connectivity index (χ4v) is 8.47. The summed E-state index contributed by atoms with van der Waals surface area (Å²) in [6, 6.07) is 10.2. The van der Waals surface area contributed by atoms with Crippen LogP contribution in [0.15, 0.2) is 42.1 Å². The highest BCUT2D eigenvalue weighted by atomic mass is 32.2. The molecule has 1 spiro atoms. The summed E-state index contributed by atoms with van der Waals surface area (Å²) in [6.45, 7) is 7.36. The van der Waals surface area contributed by atoms with Gasteiger partial charge in [0.1, 0.15) is 18.7 Å². The molecule has 2 aromatic rings. The number of nitrogens with one attached hydrogen (secondary N) is 2. The van der Waals surface area contributed by atoms with E-state index in [9.17, 15) is 17.7 Å². The van der Waals surface area contributed by atoms with Crippen LogP contribution in [0.5, 0.6) is 5.75 Å². The van der Waals surface area contributed by atoms with Crippen LogP contribution >= 0.6 is 18.9 Å². The van der Waals surface area contributed by atoms with E-state index in [1.807, 2.05) is 0 Å². The summed E-state index contributed by atoms with van der Waals surface area (Å²) >= 11 is -0.313. The number of allylic oxidation sites excluding steroid dienone is 1.